The molecule has 0 spiro atoms. The molecule has 0 saturated carbocycles. The second-order valence-electron chi connectivity index (χ2n) is 16.1. The van der Waals surface area contributed by atoms with Gasteiger partial charge in [-0.15, -0.1) is 0 Å². The standard InChI is InChI=1S/C41H68N8O12S/c1-9-23(6)33(49-34(53)24(7)43-35(54)27(42)19-50)40(59)48-32(20-51)39(58)44-28(14-15-62-8)36(55)45-29(16-21(2)3)37(56)46-30(18-25-10-12-26(52)13-11-25)38(57)47-31(41(60)61)17-22(4)5/h10-13,21-24,27-33,50-52H,9,14-20,42H2,1-8H3,(H,43,54)(H,44,58)(H,45,55)(H,46,56)(H,47,57)(H,48,59)(H,49,53)(H,60,61)/t23-,24-,27-,28-,29-,30-,31-,32-,33-/m0/s1. The molecule has 0 heterocycles. The number of thioether (sulfide) groups is 1. The fraction of sp³-hybridized carbons (Fsp3) is 0.659. The Morgan fingerprint density at radius 1 is 0.613 bits per heavy atom. The minimum Gasteiger partial charge on any atom is -0.508 e. The van der Waals surface area contributed by atoms with Gasteiger partial charge in [0.1, 0.15) is 54.1 Å². The molecule has 62 heavy (non-hydrogen) atoms. The molecule has 0 fully saturated rings. The molecular formula is C41H68N8O12S. The van der Waals surface area contributed by atoms with Crippen LogP contribution < -0.4 is 43.0 Å². The number of nitrogens with one attached hydrogen (secondary N) is 7. The second kappa shape index (κ2) is 27.9. The van der Waals surface area contributed by atoms with Crippen molar-refractivity contribution in [3.63, 3.8) is 0 Å². The van der Waals surface area contributed by atoms with Crippen LogP contribution >= 0.6 is 11.8 Å². The summed E-state index contributed by atoms with van der Waals surface area (Å²) in [5.41, 5.74) is 6.04. The van der Waals surface area contributed by atoms with Gasteiger partial charge in [-0.25, -0.2) is 4.79 Å². The third-order valence-electron chi connectivity index (χ3n) is 9.81. The first-order valence-electron chi connectivity index (χ1n) is 20.7. The smallest absolute Gasteiger partial charge is 0.326 e. The van der Waals surface area contributed by atoms with Crippen LogP contribution in [-0.2, 0) is 44.8 Å². The van der Waals surface area contributed by atoms with Crippen molar-refractivity contribution in [1.29, 1.82) is 0 Å². The fourth-order valence-electron chi connectivity index (χ4n) is 5.97. The topological polar surface area (TPSA) is 328 Å². The zero-order valence-electron chi connectivity index (χ0n) is 36.9. The molecule has 0 radical (unpaired) electrons. The third-order valence-corrected chi connectivity index (χ3v) is 10.5. The van der Waals surface area contributed by atoms with Gasteiger partial charge in [-0.2, -0.15) is 11.8 Å². The molecule has 0 unspecified atom stereocenters. The SMILES string of the molecule is CC[C@H](C)[C@H](NC(=O)[C@H](C)NC(=O)[C@@H](N)CO)C(=O)N[C@@H](CO)C(=O)N[C@@H](CCSC)C(=O)N[C@@H](CC(C)C)C(=O)N[C@@H](Cc1ccc(O)cc1)C(=O)N[C@@H](CC(C)C)C(=O)O. The lowest BCUT2D eigenvalue weighted by Gasteiger charge is -2.29. The molecule has 1 rings (SSSR count). The summed E-state index contributed by atoms with van der Waals surface area (Å²) in [6.45, 7) is 10.4. The zero-order valence-corrected chi connectivity index (χ0v) is 37.7. The zero-order chi connectivity index (χ0) is 47.3. The van der Waals surface area contributed by atoms with E-state index in [1.54, 1.807) is 59.9 Å². The lowest BCUT2D eigenvalue weighted by atomic mass is 9.97. The average Bonchev–Trinajstić information content (AvgIpc) is 3.21. The molecule has 13 N–H and O–H groups in total. The number of phenolic OH excluding ortho intramolecular Hbond substituents is 1. The Kier molecular flexibility index (Phi) is 24.7. The number of aliphatic hydroxyl groups excluding tert-OH is 2. The summed E-state index contributed by atoms with van der Waals surface area (Å²) in [6.07, 6.45) is 2.35. The number of carboxylic acids is 1. The summed E-state index contributed by atoms with van der Waals surface area (Å²) in [5.74, 6) is -7.31. The van der Waals surface area contributed by atoms with Crippen LogP contribution in [-0.4, -0.2) is 141 Å². The quantitative estimate of drug-likeness (QED) is 0.0463. The Morgan fingerprint density at radius 3 is 1.61 bits per heavy atom. The number of phenols is 1. The van der Waals surface area contributed by atoms with E-state index in [1.165, 1.54) is 30.8 Å². The summed E-state index contributed by atoms with van der Waals surface area (Å²) >= 11 is 1.37. The number of aromatic hydroxyl groups is 1. The van der Waals surface area contributed by atoms with Gasteiger partial charge in [0.15, 0.2) is 0 Å². The van der Waals surface area contributed by atoms with E-state index >= 15 is 0 Å². The number of carbonyl (C=O) groups excluding carboxylic acids is 7. The van der Waals surface area contributed by atoms with E-state index < -0.39 is 115 Å². The summed E-state index contributed by atoms with van der Waals surface area (Å²) in [6, 6.07) is -4.43. The highest BCUT2D eigenvalue weighted by Gasteiger charge is 2.35. The molecule has 7 amide bonds. The number of hydrogen-bond donors (Lipinski definition) is 12. The van der Waals surface area contributed by atoms with Crippen molar-refractivity contribution in [2.75, 3.05) is 25.2 Å². The average molecular weight is 897 g/mol. The van der Waals surface area contributed by atoms with Crippen LogP contribution in [0.4, 0.5) is 0 Å². The molecule has 0 aromatic heterocycles. The fourth-order valence-corrected chi connectivity index (χ4v) is 6.44. The van der Waals surface area contributed by atoms with Gasteiger partial charge in [-0.3, -0.25) is 33.6 Å². The highest BCUT2D eigenvalue weighted by atomic mass is 32.2. The molecule has 1 aromatic carbocycles. The van der Waals surface area contributed by atoms with Crippen LogP contribution in [0.5, 0.6) is 5.75 Å². The Morgan fingerprint density at radius 2 is 1.10 bits per heavy atom. The first-order chi connectivity index (χ1) is 29.1. The van der Waals surface area contributed by atoms with Gasteiger partial charge < -0.3 is 63.4 Å². The number of benzene rings is 1. The van der Waals surface area contributed by atoms with Crippen molar-refractivity contribution in [3.05, 3.63) is 29.8 Å². The molecule has 20 nitrogen and oxygen atoms in total. The third kappa shape index (κ3) is 19.4. The Labute approximate surface area is 367 Å². The summed E-state index contributed by atoms with van der Waals surface area (Å²) in [4.78, 5) is 106. The lowest BCUT2D eigenvalue weighted by molar-refractivity contribution is -0.142. The number of carbonyl (C=O) groups is 8. The molecule has 21 heteroatoms. The molecule has 0 saturated heterocycles. The maximum atomic E-state index is 14.0. The van der Waals surface area contributed by atoms with Crippen LogP contribution in [0.1, 0.15) is 79.7 Å². The number of carboxylic acid groups (broad SMARTS) is 1. The Balaban J connectivity index is 3.32. The molecular weight excluding hydrogens is 829 g/mol. The maximum Gasteiger partial charge on any atom is 0.326 e. The van der Waals surface area contributed by atoms with Crippen molar-refractivity contribution in [2.24, 2.45) is 23.5 Å². The number of amides is 7. The van der Waals surface area contributed by atoms with E-state index in [9.17, 15) is 53.7 Å². The van der Waals surface area contributed by atoms with E-state index in [4.69, 9.17) is 10.8 Å². The molecule has 0 aliphatic rings. The van der Waals surface area contributed by atoms with E-state index in [1.807, 2.05) is 0 Å². The van der Waals surface area contributed by atoms with Gasteiger partial charge in [0.2, 0.25) is 41.4 Å². The highest BCUT2D eigenvalue weighted by Crippen LogP contribution is 2.15. The van der Waals surface area contributed by atoms with Crippen molar-refractivity contribution in [1.82, 2.24) is 37.2 Å². The van der Waals surface area contributed by atoms with Gasteiger partial charge in [0, 0.05) is 6.42 Å². The maximum absolute atomic E-state index is 14.0. The first kappa shape index (κ1) is 55.0. The largest absolute Gasteiger partial charge is 0.508 e. The number of hydrogen-bond acceptors (Lipinski definition) is 13. The second-order valence-corrected chi connectivity index (χ2v) is 17.1. The van der Waals surface area contributed by atoms with Crippen LogP contribution in [0.15, 0.2) is 24.3 Å². The van der Waals surface area contributed by atoms with E-state index in [-0.39, 0.29) is 43.3 Å². The van der Waals surface area contributed by atoms with E-state index in [2.05, 4.69) is 37.2 Å². The summed E-state index contributed by atoms with van der Waals surface area (Å²) < 4.78 is 0. The molecule has 350 valence electrons. The van der Waals surface area contributed by atoms with E-state index in [0.717, 1.165) is 0 Å². The van der Waals surface area contributed by atoms with Crippen LogP contribution in [0, 0.1) is 17.8 Å². The Bertz CT molecular complexity index is 1650. The molecule has 0 bridgehead atoms. The normalized spacial score (nSPS) is 15.6. The van der Waals surface area contributed by atoms with Crippen molar-refractivity contribution in [3.8, 4) is 5.75 Å². The van der Waals surface area contributed by atoms with Crippen LogP contribution in [0.3, 0.4) is 0 Å². The number of aliphatic hydroxyl groups is 2. The van der Waals surface area contributed by atoms with Crippen molar-refractivity contribution in [2.45, 2.75) is 129 Å². The summed E-state index contributed by atoms with van der Waals surface area (Å²) in [5, 5.41) is 56.6. The molecule has 9 atom stereocenters. The van der Waals surface area contributed by atoms with Gasteiger partial charge in [-0.05, 0) is 73.6 Å². The van der Waals surface area contributed by atoms with Crippen LogP contribution in [0.2, 0.25) is 0 Å². The minimum atomic E-state index is -1.59. The van der Waals surface area contributed by atoms with Crippen molar-refractivity contribution >= 4 is 59.1 Å². The van der Waals surface area contributed by atoms with Gasteiger partial charge in [0.05, 0.1) is 13.2 Å². The van der Waals surface area contributed by atoms with Crippen molar-refractivity contribution < 1.29 is 58.8 Å². The number of aliphatic carboxylic acids is 1. The predicted octanol–water partition coefficient (Wildman–Crippen LogP) is -1.36. The summed E-state index contributed by atoms with van der Waals surface area (Å²) in [7, 11) is 0. The number of nitrogens with two attached hydrogens (primary N) is 1. The Hall–Kier alpha value is -4.99. The van der Waals surface area contributed by atoms with Gasteiger partial charge in [0.25, 0.3) is 0 Å². The van der Waals surface area contributed by atoms with E-state index in [0.29, 0.717) is 17.7 Å². The monoisotopic (exact) mass is 896 g/mol. The minimum absolute atomic E-state index is 0.0311. The predicted molar refractivity (Wildman–Crippen MR) is 232 cm³/mol. The first-order valence-corrected chi connectivity index (χ1v) is 22.1. The molecule has 0 aliphatic carbocycles. The van der Waals surface area contributed by atoms with Gasteiger partial charge in [-0.1, -0.05) is 60.1 Å². The number of rotatable bonds is 28. The van der Waals surface area contributed by atoms with Crippen LogP contribution in [0.25, 0.3) is 0 Å². The highest BCUT2D eigenvalue weighted by molar-refractivity contribution is 7.98. The molecule has 1 aromatic rings. The molecule has 0 aliphatic heterocycles. The van der Waals surface area contributed by atoms with Gasteiger partial charge >= 0.3 is 5.97 Å². The lowest BCUT2D eigenvalue weighted by Crippen LogP contribution is -2.61.